The molecule has 0 aromatic rings. The van der Waals surface area contributed by atoms with Crippen LogP contribution in [-0.4, -0.2) is 6.10 Å². The van der Waals surface area contributed by atoms with Crippen LogP contribution in [-0.2, 0) is 4.74 Å². The third kappa shape index (κ3) is 3.66. The van der Waals surface area contributed by atoms with Gasteiger partial charge in [-0.05, 0) is 25.8 Å². The van der Waals surface area contributed by atoms with Crippen LogP contribution in [0.5, 0.6) is 0 Å². The summed E-state index contributed by atoms with van der Waals surface area (Å²) < 4.78 is 5.39. The molecule has 0 bridgehead atoms. The zero-order valence-corrected chi connectivity index (χ0v) is 6.97. The fourth-order valence-corrected chi connectivity index (χ4v) is 0.674. The Bertz CT molecular complexity index is 197. The van der Waals surface area contributed by atoms with Gasteiger partial charge in [0.1, 0.15) is 5.76 Å². The van der Waals surface area contributed by atoms with Gasteiger partial charge in [-0.1, -0.05) is 24.8 Å². The number of hydrogen-bond acceptors (Lipinski definition) is 1. The molecule has 0 spiro atoms. The summed E-state index contributed by atoms with van der Waals surface area (Å²) in [4.78, 5) is 0. The Kier molecular flexibility index (Phi) is 2.53. The Labute approximate surface area is 68.1 Å². The molecule has 1 fully saturated rings. The minimum absolute atomic E-state index is 0.442. The Morgan fingerprint density at radius 2 is 2.00 bits per heavy atom. The molecular formula is C10H14O. The van der Waals surface area contributed by atoms with E-state index in [0.717, 1.165) is 11.3 Å². The Morgan fingerprint density at radius 1 is 1.36 bits per heavy atom. The van der Waals surface area contributed by atoms with E-state index in [1.165, 1.54) is 12.8 Å². The molecule has 0 amide bonds. The maximum Gasteiger partial charge on any atom is 0.112 e. The lowest BCUT2D eigenvalue weighted by Crippen LogP contribution is -1.89. The Morgan fingerprint density at radius 3 is 2.45 bits per heavy atom. The van der Waals surface area contributed by atoms with E-state index in [-0.39, 0.29) is 0 Å². The summed E-state index contributed by atoms with van der Waals surface area (Å²) in [5, 5.41) is 0. The van der Waals surface area contributed by atoms with E-state index in [1.807, 2.05) is 19.1 Å². The van der Waals surface area contributed by atoms with Gasteiger partial charge in [0, 0.05) is 0 Å². The molecule has 0 saturated heterocycles. The first kappa shape index (κ1) is 8.12. The molecule has 11 heavy (non-hydrogen) atoms. The van der Waals surface area contributed by atoms with Crippen LogP contribution in [0.25, 0.3) is 0 Å². The third-order valence-electron chi connectivity index (χ3n) is 1.40. The highest BCUT2D eigenvalue weighted by Crippen LogP contribution is 2.25. The SMILES string of the molecule is C=C(C)/C=C\C(=C)OC1CC1. The van der Waals surface area contributed by atoms with Gasteiger partial charge in [0.25, 0.3) is 0 Å². The van der Waals surface area contributed by atoms with Gasteiger partial charge in [-0.3, -0.25) is 0 Å². The van der Waals surface area contributed by atoms with E-state index in [0.29, 0.717) is 6.10 Å². The molecule has 0 unspecified atom stereocenters. The molecule has 0 heterocycles. The van der Waals surface area contributed by atoms with Crippen molar-refractivity contribution in [3.8, 4) is 0 Å². The zero-order chi connectivity index (χ0) is 8.27. The average Bonchev–Trinajstić information content (AvgIpc) is 2.67. The fourth-order valence-electron chi connectivity index (χ4n) is 0.674. The molecule has 1 nitrogen and oxygen atoms in total. The van der Waals surface area contributed by atoms with Crippen LogP contribution in [0.2, 0.25) is 0 Å². The topological polar surface area (TPSA) is 9.23 Å². The smallest absolute Gasteiger partial charge is 0.112 e. The quantitative estimate of drug-likeness (QED) is 0.442. The van der Waals surface area contributed by atoms with E-state index in [4.69, 9.17) is 4.74 Å². The first-order valence-electron chi connectivity index (χ1n) is 3.87. The fraction of sp³-hybridized carbons (Fsp3) is 0.400. The molecule has 1 aliphatic carbocycles. The van der Waals surface area contributed by atoms with Crippen LogP contribution in [0, 0.1) is 0 Å². The van der Waals surface area contributed by atoms with Gasteiger partial charge in [0.05, 0.1) is 6.10 Å². The molecule has 1 aliphatic rings. The van der Waals surface area contributed by atoms with Gasteiger partial charge in [0.15, 0.2) is 0 Å². The molecule has 1 saturated carbocycles. The zero-order valence-electron chi connectivity index (χ0n) is 6.97. The van der Waals surface area contributed by atoms with Crippen molar-refractivity contribution in [1.82, 2.24) is 0 Å². The standard InChI is InChI=1S/C10H14O/c1-8(2)4-5-9(3)11-10-6-7-10/h4-5,10H,1,3,6-7H2,2H3/b5-4-. The monoisotopic (exact) mass is 150 g/mol. The molecule has 60 valence electrons. The average molecular weight is 150 g/mol. The molecule has 0 atom stereocenters. The summed E-state index contributed by atoms with van der Waals surface area (Å²) >= 11 is 0. The van der Waals surface area contributed by atoms with Crippen LogP contribution in [0.4, 0.5) is 0 Å². The Balaban J connectivity index is 2.23. The second kappa shape index (κ2) is 3.42. The minimum atomic E-state index is 0.442. The van der Waals surface area contributed by atoms with Gasteiger partial charge >= 0.3 is 0 Å². The van der Waals surface area contributed by atoms with Crippen LogP contribution >= 0.6 is 0 Å². The first-order chi connectivity index (χ1) is 5.18. The lowest BCUT2D eigenvalue weighted by molar-refractivity contribution is 0.210. The summed E-state index contributed by atoms with van der Waals surface area (Å²) in [5.41, 5.74) is 1.02. The number of rotatable bonds is 4. The summed E-state index contributed by atoms with van der Waals surface area (Å²) in [6.07, 6.45) is 6.57. The van der Waals surface area contributed by atoms with Gasteiger partial charge in [-0.15, -0.1) is 0 Å². The second-order valence-corrected chi connectivity index (χ2v) is 2.96. The minimum Gasteiger partial charge on any atom is -0.491 e. The lowest BCUT2D eigenvalue weighted by Gasteiger charge is -2.01. The van der Waals surface area contributed by atoms with Crippen LogP contribution < -0.4 is 0 Å². The first-order valence-corrected chi connectivity index (χ1v) is 3.87. The van der Waals surface area contributed by atoms with Crippen LogP contribution in [0.3, 0.4) is 0 Å². The maximum atomic E-state index is 5.39. The highest BCUT2D eigenvalue weighted by molar-refractivity contribution is 5.19. The normalized spacial score (nSPS) is 16.8. The predicted octanol–water partition coefficient (Wildman–Crippen LogP) is 2.81. The van der Waals surface area contributed by atoms with Crippen LogP contribution in [0.15, 0.2) is 36.6 Å². The molecule has 0 radical (unpaired) electrons. The number of allylic oxidation sites excluding steroid dienone is 3. The van der Waals surface area contributed by atoms with Crippen molar-refractivity contribution in [3.63, 3.8) is 0 Å². The highest BCUT2D eigenvalue weighted by Gasteiger charge is 2.22. The lowest BCUT2D eigenvalue weighted by atomic mass is 10.3. The van der Waals surface area contributed by atoms with Crippen molar-refractivity contribution in [2.45, 2.75) is 25.9 Å². The highest BCUT2D eigenvalue weighted by atomic mass is 16.5. The predicted molar refractivity (Wildman–Crippen MR) is 47.2 cm³/mol. The van der Waals surface area contributed by atoms with E-state index in [2.05, 4.69) is 13.2 Å². The van der Waals surface area contributed by atoms with E-state index >= 15 is 0 Å². The number of ether oxygens (including phenoxy) is 1. The molecule has 1 rings (SSSR count). The summed E-state index contributed by atoms with van der Waals surface area (Å²) in [7, 11) is 0. The largest absolute Gasteiger partial charge is 0.491 e. The van der Waals surface area contributed by atoms with Crippen molar-refractivity contribution in [1.29, 1.82) is 0 Å². The van der Waals surface area contributed by atoms with E-state index in [1.54, 1.807) is 0 Å². The van der Waals surface area contributed by atoms with Gasteiger partial charge in [-0.25, -0.2) is 0 Å². The summed E-state index contributed by atoms with van der Waals surface area (Å²) in [5.74, 6) is 0.746. The van der Waals surface area contributed by atoms with Gasteiger partial charge in [-0.2, -0.15) is 0 Å². The number of hydrogen-bond donors (Lipinski definition) is 0. The Hall–Kier alpha value is -0.980. The van der Waals surface area contributed by atoms with E-state index in [9.17, 15) is 0 Å². The van der Waals surface area contributed by atoms with Gasteiger partial charge in [0.2, 0.25) is 0 Å². The van der Waals surface area contributed by atoms with Crippen molar-refractivity contribution < 1.29 is 4.74 Å². The van der Waals surface area contributed by atoms with Crippen molar-refractivity contribution in [2.24, 2.45) is 0 Å². The molecular weight excluding hydrogens is 136 g/mol. The van der Waals surface area contributed by atoms with Crippen molar-refractivity contribution in [2.75, 3.05) is 0 Å². The van der Waals surface area contributed by atoms with Gasteiger partial charge < -0.3 is 4.74 Å². The summed E-state index contributed by atoms with van der Waals surface area (Å²) in [6, 6.07) is 0. The molecule has 0 N–H and O–H groups in total. The van der Waals surface area contributed by atoms with E-state index < -0.39 is 0 Å². The van der Waals surface area contributed by atoms with Crippen LogP contribution in [0.1, 0.15) is 19.8 Å². The molecule has 0 aliphatic heterocycles. The maximum absolute atomic E-state index is 5.39. The second-order valence-electron chi connectivity index (χ2n) is 2.96. The van der Waals surface area contributed by atoms with Crippen molar-refractivity contribution >= 4 is 0 Å². The summed E-state index contributed by atoms with van der Waals surface area (Å²) in [6.45, 7) is 9.44. The molecule has 0 aromatic heterocycles. The van der Waals surface area contributed by atoms with Crippen molar-refractivity contribution in [3.05, 3.63) is 36.6 Å². The molecule has 1 heteroatoms. The molecule has 0 aromatic carbocycles. The third-order valence-corrected chi connectivity index (χ3v) is 1.40.